The number of nitrogens with zero attached hydrogens (tertiary/aromatic N) is 2. The molecule has 3 rings (SSSR count). The molecule has 114 valence electrons. The summed E-state index contributed by atoms with van der Waals surface area (Å²) in [5.74, 6) is -1.16. The molecule has 0 atom stereocenters. The minimum Gasteiger partial charge on any atom is -0.399 e. The third-order valence-corrected chi connectivity index (χ3v) is 3.55. The summed E-state index contributed by atoms with van der Waals surface area (Å²) in [6.07, 6.45) is 1.26. The fourth-order valence-electron chi connectivity index (χ4n) is 2.22. The number of nitriles is 1. The zero-order chi connectivity index (χ0) is 16.6. The number of hydrogen-bond acceptors (Lipinski definition) is 4. The van der Waals surface area contributed by atoms with E-state index >= 15 is 0 Å². The predicted octanol–water partition coefficient (Wildman–Crippen LogP) is 4.36. The van der Waals surface area contributed by atoms with Crippen LogP contribution in [0.25, 0.3) is 10.9 Å². The summed E-state index contributed by atoms with van der Waals surface area (Å²) in [6.45, 7) is 0. The van der Waals surface area contributed by atoms with Crippen LogP contribution in [0, 0.1) is 23.0 Å². The van der Waals surface area contributed by atoms with Gasteiger partial charge in [0.05, 0.1) is 16.3 Å². The Morgan fingerprint density at radius 2 is 1.96 bits per heavy atom. The first-order valence-electron chi connectivity index (χ1n) is 6.49. The van der Waals surface area contributed by atoms with Crippen molar-refractivity contribution in [3.8, 4) is 6.07 Å². The van der Waals surface area contributed by atoms with Crippen molar-refractivity contribution in [2.24, 2.45) is 0 Å². The molecule has 23 heavy (non-hydrogen) atoms. The number of nitrogens with two attached hydrogens (primary N) is 1. The van der Waals surface area contributed by atoms with Crippen LogP contribution in [0.15, 0.2) is 36.5 Å². The second-order valence-electron chi connectivity index (χ2n) is 4.81. The van der Waals surface area contributed by atoms with Crippen molar-refractivity contribution >= 4 is 39.6 Å². The summed E-state index contributed by atoms with van der Waals surface area (Å²) in [5.41, 5.74) is 6.92. The zero-order valence-corrected chi connectivity index (χ0v) is 12.3. The van der Waals surface area contributed by atoms with Crippen LogP contribution in [0.5, 0.6) is 0 Å². The Morgan fingerprint density at radius 3 is 2.65 bits per heavy atom. The second kappa shape index (κ2) is 5.71. The Morgan fingerprint density at radius 1 is 1.17 bits per heavy atom. The normalized spacial score (nSPS) is 10.5. The van der Waals surface area contributed by atoms with Crippen LogP contribution < -0.4 is 11.1 Å². The molecule has 4 nitrogen and oxygen atoms in total. The number of nitrogens with one attached hydrogen (secondary N) is 1. The van der Waals surface area contributed by atoms with Crippen molar-refractivity contribution in [3.63, 3.8) is 0 Å². The smallest absolute Gasteiger partial charge is 0.151 e. The van der Waals surface area contributed by atoms with E-state index in [1.165, 1.54) is 30.5 Å². The average Bonchev–Trinajstić information content (AvgIpc) is 2.51. The van der Waals surface area contributed by atoms with Gasteiger partial charge in [-0.2, -0.15) is 5.26 Å². The number of aromatic nitrogens is 1. The first kappa shape index (κ1) is 15.0. The molecule has 0 spiro atoms. The first-order valence-corrected chi connectivity index (χ1v) is 6.87. The summed E-state index contributed by atoms with van der Waals surface area (Å²) in [4.78, 5) is 3.95. The topological polar surface area (TPSA) is 74.7 Å². The van der Waals surface area contributed by atoms with Crippen LogP contribution in [0.2, 0.25) is 5.02 Å². The van der Waals surface area contributed by atoms with Crippen LogP contribution in [0.1, 0.15) is 5.56 Å². The standard InChI is InChI=1S/C16H9ClF2N4/c17-12-5-10(1-2-13(12)18)23-15-8(6-20)7-22-16-11(15)3-9(21)4-14(16)19/h1-5,7H,21H2,(H,22,23). The molecule has 0 amide bonds. The van der Waals surface area contributed by atoms with Crippen molar-refractivity contribution in [2.75, 3.05) is 11.1 Å². The van der Waals surface area contributed by atoms with Gasteiger partial charge in [0.2, 0.25) is 0 Å². The molecule has 0 bridgehead atoms. The predicted molar refractivity (Wildman–Crippen MR) is 85.5 cm³/mol. The Kier molecular flexibility index (Phi) is 3.72. The van der Waals surface area contributed by atoms with Gasteiger partial charge in [0.15, 0.2) is 5.82 Å². The highest BCUT2D eigenvalue weighted by molar-refractivity contribution is 6.31. The summed E-state index contributed by atoms with van der Waals surface area (Å²) in [7, 11) is 0. The highest BCUT2D eigenvalue weighted by Gasteiger charge is 2.13. The molecule has 0 unspecified atom stereocenters. The summed E-state index contributed by atoms with van der Waals surface area (Å²) in [5, 5.41) is 12.5. The van der Waals surface area contributed by atoms with Crippen LogP contribution in [-0.4, -0.2) is 4.98 Å². The van der Waals surface area contributed by atoms with E-state index in [-0.39, 0.29) is 21.8 Å². The summed E-state index contributed by atoms with van der Waals surface area (Å²) in [6, 6.07) is 8.66. The molecule has 7 heteroatoms. The van der Waals surface area contributed by atoms with Crippen LogP contribution >= 0.6 is 11.6 Å². The van der Waals surface area contributed by atoms with Crippen molar-refractivity contribution < 1.29 is 8.78 Å². The lowest BCUT2D eigenvalue weighted by Crippen LogP contribution is -1.99. The van der Waals surface area contributed by atoms with Gasteiger partial charge in [0.25, 0.3) is 0 Å². The van der Waals surface area contributed by atoms with Gasteiger partial charge in [-0.05, 0) is 30.3 Å². The minimum absolute atomic E-state index is 0.0717. The van der Waals surface area contributed by atoms with Crippen molar-refractivity contribution in [3.05, 3.63) is 58.7 Å². The van der Waals surface area contributed by atoms with Gasteiger partial charge in [-0.1, -0.05) is 11.6 Å². The molecule has 0 aliphatic rings. The Labute approximate surface area is 135 Å². The quantitative estimate of drug-likeness (QED) is 0.684. The Hall–Kier alpha value is -2.91. The van der Waals surface area contributed by atoms with Gasteiger partial charge in [0, 0.05) is 23.0 Å². The third-order valence-electron chi connectivity index (χ3n) is 3.26. The summed E-state index contributed by atoms with van der Waals surface area (Å²) >= 11 is 5.75. The van der Waals surface area contributed by atoms with Gasteiger partial charge in [-0.3, -0.25) is 4.98 Å². The number of benzene rings is 2. The fraction of sp³-hybridized carbons (Fsp3) is 0. The number of pyridine rings is 1. The van der Waals surface area contributed by atoms with E-state index in [1.807, 2.05) is 6.07 Å². The fourth-order valence-corrected chi connectivity index (χ4v) is 2.40. The molecule has 3 N–H and O–H groups in total. The third kappa shape index (κ3) is 2.74. The van der Waals surface area contributed by atoms with Crippen molar-refractivity contribution in [1.29, 1.82) is 5.26 Å². The maximum absolute atomic E-state index is 14.0. The molecule has 2 aromatic carbocycles. The molecule has 0 aliphatic carbocycles. The number of nitrogen functional groups attached to an aromatic ring is 1. The SMILES string of the molecule is N#Cc1cnc2c(F)cc(N)cc2c1Nc1ccc(F)c(Cl)c1. The molecule has 1 heterocycles. The van der Waals surface area contributed by atoms with E-state index in [4.69, 9.17) is 17.3 Å². The average molecular weight is 331 g/mol. The van der Waals surface area contributed by atoms with E-state index in [1.54, 1.807) is 0 Å². The molecule has 0 radical (unpaired) electrons. The number of hydrogen-bond donors (Lipinski definition) is 2. The lowest BCUT2D eigenvalue weighted by Gasteiger charge is -2.12. The molecule has 0 fully saturated rings. The minimum atomic E-state index is -0.593. The molecule has 1 aromatic heterocycles. The highest BCUT2D eigenvalue weighted by Crippen LogP contribution is 2.32. The lowest BCUT2D eigenvalue weighted by molar-refractivity contribution is 0.628. The van der Waals surface area contributed by atoms with Gasteiger partial charge in [-0.15, -0.1) is 0 Å². The van der Waals surface area contributed by atoms with Crippen molar-refractivity contribution in [1.82, 2.24) is 4.98 Å². The van der Waals surface area contributed by atoms with E-state index < -0.39 is 11.6 Å². The molecule has 0 saturated carbocycles. The maximum atomic E-state index is 14.0. The zero-order valence-electron chi connectivity index (χ0n) is 11.6. The van der Waals surface area contributed by atoms with Gasteiger partial charge >= 0.3 is 0 Å². The van der Waals surface area contributed by atoms with Gasteiger partial charge in [0.1, 0.15) is 17.4 Å². The number of halogens is 3. The van der Waals surface area contributed by atoms with Crippen LogP contribution in [0.4, 0.5) is 25.8 Å². The highest BCUT2D eigenvalue weighted by atomic mass is 35.5. The van der Waals surface area contributed by atoms with Crippen LogP contribution in [-0.2, 0) is 0 Å². The van der Waals surface area contributed by atoms with E-state index in [0.717, 1.165) is 6.07 Å². The number of anilines is 3. The largest absolute Gasteiger partial charge is 0.399 e. The molecule has 0 aliphatic heterocycles. The summed E-state index contributed by atoms with van der Waals surface area (Å²) < 4.78 is 27.2. The number of fused-ring (bicyclic) bond motifs is 1. The van der Waals surface area contributed by atoms with E-state index in [2.05, 4.69) is 10.3 Å². The monoisotopic (exact) mass is 330 g/mol. The van der Waals surface area contributed by atoms with Crippen LogP contribution in [0.3, 0.4) is 0 Å². The Bertz CT molecular complexity index is 966. The first-order chi connectivity index (χ1) is 11.0. The Balaban J connectivity index is 2.22. The molecular formula is C16H9ClF2N4. The van der Waals surface area contributed by atoms with Gasteiger partial charge < -0.3 is 11.1 Å². The maximum Gasteiger partial charge on any atom is 0.151 e. The second-order valence-corrected chi connectivity index (χ2v) is 5.22. The lowest BCUT2D eigenvalue weighted by atomic mass is 10.1. The molecular weight excluding hydrogens is 322 g/mol. The van der Waals surface area contributed by atoms with Crippen molar-refractivity contribution in [2.45, 2.75) is 0 Å². The number of rotatable bonds is 2. The van der Waals surface area contributed by atoms with E-state index in [9.17, 15) is 14.0 Å². The molecule has 3 aromatic rings. The van der Waals surface area contributed by atoms with E-state index in [0.29, 0.717) is 16.8 Å². The van der Waals surface area contributed by atoms with Gasteiger partial charge in [-0.25, -0.2) is 8.78 Å². The molecule has 0 saturated heterocycles.